The van der Waals surface area contributed by atoms with Crippen molar-refractivity contribution in [3.63, 3.8) is 0 Å². The number of para-hydroxylation sites is 1. The molecule has 7 heteroatoms. The zero-order chi connectivity index (χ0) is 16.6. The highest BCUT2D eigenvalue weighted by molar-refractivity contribution is 14.0. The Balaban J connectivity index is 0.00000484. The van der Waals surface area contributed by atoms with Gasteiger partial charge in [-0.25, -0.2) is 4.99 Å². The number of guanidine groups is 1. The third kappa shape index (κ3) is 7.26. The molecule has 3 N–H and O–H groups in total. The van der Waals surface area contributed by atoms with E-state index < -0.39 is 0 Å². The number of halogens is 1. The van der Waals surface area contributed by atoms with E-state index in [2.05, 4.69) is 15.6 Å². The minimum absolute atomic E-state index is 0. The number of aliphatic imine (C=N–C) groups is 1. The Labute approximate surface area is 155 Å². The summed E-state index contributed by atoms with van der Waals surface area (Å²) in [6.07, 6.45) is 0. The normalized spacial score (nSPS) is 11.6. The molecule has 1 aromatic rings. The van der Waals surface area contributed by atoms with Crippen LogP contribution in [0.5, 0.6) is 11.5 Å². The molecule has 0 unspecified atom stereocenters. The summed E-state index contributed by atoms with van der Waals surface area (Å²) in [6.45, 7) is 7.73. The minimum atomic E-state index is -0.283. The molecule has 0 aliphatic carbocycles. The number of aromatic hydroxyl groups is 1. The quantitative estimate of drug-likeness (QED) is 0.347. The van der Waals surface area contributed by atoms with Gasteiger partial charge in [0.2, 0.25) is 0 Å². The number of nitrogens with zero attached hydrogens (tertiary/aromatic N) is 1. The summed E-state index contributed by atoms with van der Waals surface area (Å²) in [7, 11) is 3.21. The van der Waals surface area contributed by atoms with E-state index in [1.165, 1.54) is 7.11 Å². The van der Waals surface area contributed by atoms with E-state index in [9.17, 15) is 5.11 Å². The summed E-state index contributed by atoms with van der Waals surface area (Å²) in [4.78, 5) is 4.48. The number of nitrogens with one attached hydrogen (secondary N) is 2. The van der Waals surface area contributed by atoms with Gasteiger partial charge in [0.1, 0.15) is 0 Å². The Hall–Kier alpha value is -1.22. The summed E-state index contributed by atoms with van der Waals surface area (Å²) in [5, 5.41) is 16.5. The minimum Gasteiger partial charge on any atom is -0.504 e. The largest absolute Gasteiger partial charge is 0.504 e. The molecular weight excluding hydrogens is 409 g/mol. The summed E-state index contributed by atoms with van der Waals surface area (Å²) < 4.78 is 10.5. The third-order valence-electron chi connectivity index (χ3n) is 3.29. The monoisotopic (exact) mass is 437 g/mol. The molecule has 0 saturated carbocycles. The smallest absolute Gasteiger partial charge is 0.191 e. The predicted molar refractivity (Wildman–Crippen MR) is 104 cm³/mol. The lowest BCUT2D eigenvalue weighted by Gasteiger charge is -2.24. The van der Waals surface area contributed by atoms with Crippen LogP contribution in [0.2, 0.25) is 0 Å². The summed E-state index contributed by atoms with van der Waals surface area (Å²) >= 11 is 0. The maximum absolute atomic E-state index is 10.1. The second kappa shape index (κ2) is 10.5. The third-order valence-corrected chi connectivity index (χ3v) is 3.29. The molecule has 0 radical (unpaired) electrons. The summed E-state index contributed by atoms with van der Waals surface area (Å²) in [5.41, 5.74) is 0.427. The van der Waals surface area contributed by atoms with E-state index in [1.54, 1.807) is 13.2 Å². The second-order valence-corrected chi connectivity index (χ2v) is 5.48. The molecule has 0 saturated heterocycles. The standard InChI is InChI=1S/C16H27N3O3.HI/c1-6-17-15(19-11-16(2,3)22-5)18-10-12-8-7-9-13(21-4)14(12)20;/h7-9,20H,6,10-11H2,1-5H3,(H2,17,18,19);1H. The first-order valence-corrected chi connectivity index (χ1v) is 7.35. The number of benzene rings is 1. The van der Waals surface area contributed by atoms with Crippen LogP contribution in [0, 0.1) is 0 Å². The Morgan fingerprint density at radius 1 is 1.26 bits per heavy atom. The van der Waals surface area contributed by atoms with Gasteiger partial charge in [0.15, 0.2) is 17.5 Å². The van der Waals surface area contributed by atoms with Crippen LogP contribution in [0.25, 0.3) is 0 Å². The predicted octanol–water partition coefficient (Wildman–Crippen LogP) is 2.50. The van der Waals surface area contributed by atoms with Crippen molar-refractivity contribution in [2.45, 2.75) is 32.9 Å². The number of phenols is 1. The van der Waals surface area contributed by atoms with Crippen LogP contribution in [0.1, 0.15) is 26.3 Å². The van der Waals surface area contributed by atoms with E-state index in [0.29, 0.717) is 30.4 Å². The lowest BCUT2D eigenvalue weighted by Crippen LogP contribution is -2.45. The molecule has 132 valence electrons. The molecule has 1 rings (SSSR count). The van der Waals surface area contributed by atoms with Gasteiger partial charge < -0.3 is 25.2 Å². The molecule has 0 spiro atoms. The summed E-state index contributed by atoms with van der Waals surface area (Å²) in [6, 6.07) is 5.37. The van der Waals surface area contributed by atoms with E-state index in [0.717, 1.165) is 6.54 Å². The van der Waals surface area contributed by atoms with Crippen LogP contribution in [-0.4, -0.2) is 44.0 Å². The fraction of sp³-hybridized carbons (Fsp3) is 0.562. The number of rotatable bonds is 7. The van der Waals surface area contributed by atoms with Crippen molar-refractivity contribution >= 4 is 29.9 Å². The lowest BCUT2D eigenvalue weighted by molar-refractivity contribution is 0.0268. The SMILES string of the molecule is CCNC(=NCc1cccc(OC)c1O)NCC(C)(C)OC.I. The van der Waals surface area contributed by atoms with Crippen molar-refractivity contribution in [3.8, 4) is 11.5 Å². The number of hydrogen-bond donors (Lipinski definition) is 3. The molecular formula is C16H28IN3O3. The molecule has 0 aliphatic rings. The second-order valence-electron chi connectivity index (χ2n) is 5.48. The van der Waals surface area contributed by atoms with Crippen molar-refractivity contribution in [1.82, 2.24) is 10.6 Å². The number of methoxy groups -OCH3 is 2. The highest BCUT2D eigenvalue weighted by atomic mass is 127. The first-order valence-electron chi connectivity index (χ1n) is 7.35. The number of phenolic OH excluding ortho intramolecular Hbond substituents is 1. The van der Waals surface area contributed by atoms with Crippen molar-refractivity contribution in [2.24, 2.45) is 4.99 Å². The first-order chi connectivity index (χ1) is 10.4. The molecule has 0 heterocycles. The van der Waals surface area contributed by atoms with Crippen molar-refractivity contribution in [1.29, 1.82) is 0 Å². The molecule has 0 aromatic heterocycles. The van der Waals surface area contributed by atoms with E-state index >= 15 is 0 Å². The zero-order valence-electron chi connectivity index (χ0n) is 14.5. The van der Waals surface area contributed by atoms with Gasteiger partial charge in [-0.2, -0.15) is 0 Å². The van der Waals surface area contributed by atoms with Crippen LogP contribution in [0.4, 0.5) is 0 Å². The van der Waals surface area contributed by atoms with E-state index in [4.69, 9.17) is 9.47 Å². The van der Waals surface area contributed by atoms with Crippen LogP contribution in [-0.2, 0) is 11.3 Å². The molecule has 0 aliphatic heterocycles. The topological polar surface area (TPSA) is 75.1 Å². The molecule has 0 atom stereocenters. The van der Waals surface area contributed by atoms with Crippen molar-refractivity contribution in [2.75, 3.05) is 27.3 Å². The Morgan fingerprint density at radius 3 is 2.52 bits per heavy atom. The molecule has 6 nitrogen and oxygen atoms in total. The van der Waals surface area contributed by atoms with E-state index in [-0.39, 0.29) is 35.3 Å². The van der Waals surface area contributed by atoms with Gasteiger partial charge in [-0.15, -0.1) is 24.0 Å². The maximum atomic E-state index is 10.1. The van der Waals surface area contributed by atoms with Gasteiger partial charge in [-0.3, -0.25) is 0 Å². The average molecular weight is 437 g/mol. The fourth-order valence-electron chi connectivity index (χ4n) is 1.73. The van der Waals surface area contributed by atoms with Crippen molar-refractivity contribution in [3.05, 3.63) is 23.8 Å². The Kier molecular flexibility index (Phi) is 9.98. The molecule has 1 aromatic carbocycles. The molecule has 0 amide bonds. The van der Waals surface area contributed by atoms with Gasteiger partial charge in [0.05, 0.1) is 19.3 Å². The number of ether oxygens (including phenoxy) is 2. The van der Waals surface area contributed by atoms with Gasteiger partial charge in [-0.05, 0) is 26.8 Å². The lowest BCUT2D eigenvalue weighted by atomic mass is 10.1. The average Bonchev–Trinajstić information content (AvgIpc) is 2.51. The van der Waals surface area contributed by atoms with Gasteiger partial charge >= 0.3 is 0 Å². The highest BCUT2D eigenvalue weighted by Crippen LogP contribution is 2.29. The molecule has 23 heavy (non-hydrogen) atoms. The van der Waals surface area contributed by atoms with Crippen LogP contribution < -0.4 is 15.4 Å². The van der Waals surface area contributed by atoms with Gasteiger partial charge in [0.25, 0.3) is 0 Å². The maximum Gasteiger partial charge on any atom is 0.191 e. The van der Waals surface area contributed by atoms with Crippen molar-refractivity contribution < 1.29 is 14.6 Å². The Morgan fingerprint density at radius 2 is 1.96 bits per heavy atom. The van der Waals surface area contributed by atoms with Crippen LogP contribution >= 0.6 is 24.0 Å². The summed E-state index contributed by atoms with van der Waals surface area (Å²) in [5.74, 6) is 1.25. The molecule has 0 fully saturated rings. The molecule has 0 bridgehead atoms. The highest BCUT2D eigenvalue weighted by Gasteiger charge is 2.16. The Bertz CT molecular complexity index is 507. The zero-order valence-corrected chi connectivity index (χ0v) is 16.8. The van der Waals surface area contributed by atoms with Gasteiger partial charge in [0, 0.05) is 25.8 Å². The van der Waals surface area contributed by atoms with Gasteiger partial charge in [-0.1, -0.05) is 12.1 Å². The van der Waals surface area contributed by atoms with Crippen LogP contribution in [0.15, 0.2) is 23.2 Å². The number of hydrogen-bond acceptors (Lipinski definition) is 4. The first kappa shape index (κ1) is 21.8. The fourth-order valence-corrected chi connectivity index (χ4v) is 1.73. The van der Waals surface area contributed by atoms with E-state index in [1.807, 2.05) is 32.9 Å². The van der Waals surface area contributed by atoms with Crippen LogP contribution in [0.3, 0.4) is 0 Å².